The van der Waals surface area contributed by atoms with Crippen LogP contribution < -0.4 is 5.32 Å². The molecule has 0 saturated carbocycles. The molecule has 2 aromatic rings. The van der Waals surface area contributed by atoms with Gasteiger partial charge in [0.25, 0.3) is 0 Å². The number of benzene rings is 2. The Bertz CT molecular complexity index is 750. The lowest BCUT2D eigenvalue weighted by Crippen LogP contribution is -2.14. The third-order valence-electron chi connectivity index (χ3n) is 3.70. The maximum Gasteiger partial charge on any atom is 0.224 e. The topological polar surface area (TPSA) is 66.4 Å². The maximum absolute atomic E-state index is 12.3. The fourth-order valence-corrected chi connectivity index (χ4v) is 2.36. The molecule has 23 heavy (non-hydrogen) atoms. The summed E-state index contributed by atoms with van der Waals surface area (Å²) < 4.78 is 0. The summed E-state index contributed by atoms with van der Waals surface area (Å²) in [6.07, 6.45) is 0.224. The summed E-state index contributed by atoms with van der Waals surface area (Å²) >= 11 is 0. The van der Waals surface area contributed by atoms with Gasteiger partial charge in [0.15, 0.2) is 5.78 Å². The number of carbonyl (C=O) groups is 2. The Morgan fingerprint density at radius 3 is 2.30 bits per heavy atom. The molecule has 0 fully saturated rings. The second kappa shape index (κ2) is 7.09. The lowest BCUT2D eigenvalue weighted by Gasteiger charge is -2.09. The summed E-state index contributed by atoms with van der Waals surface area (Å²) in [7, 11) is 0. The van der Waals surface area contributed by atoms with E-state index in [-0.39, 0.29) is 30.3 Å². The molecule has 4 nitrogen and oxygen atoms in total. The van der Waals surface area contributed by atoms with Gasteiger partial charge in [0, 0.05) is 18.4 Å². The molecule has 0 saturated heterocycles. The number of aryl methyl sites for hydroxylation is 3. The second-order valence-electron chi connectivity index (χ2n) is 5.81. The fraction of sp³-hybridized carbons (Fsp3) is 0.263. The van der Waals surface area contributed by atoms with Crippen LogP contribution in [0.25, 0.3) is 0 Å². The van der Waals surface area contributed by atoms with Crippen molar-refractivity contribution in [3.63, 3.8) is 0 Å². The molecule has 0 radical (unpaired) electrons. The molecular formula is C19H21NO3. The molecule has 0 spiro atoms. The predicted molar refractivity (Wildman–Crippen MR) is 91.0 cm³/mol. The highest BCUT2D eigenvalue weighted by Crippen LogP contribution is 2.24. The van der Waals surface area contributed by atoms with Crippen LogP contribution in [0.3, 0.4) is 0 Å². The van der Waals surface area contributed by atoms with E-state index in [1.54, 1.807) is 18.2 Å². The number of Topliss-reactive ketones (excluding diaryl/α,β-unsaturated/α-hetero) is 1. The van der Waals surface area contributed by atoms with E-state index in [0.29, 0.717) is 11.3 Å². The molecule has 0 heterocycles. The van der Waals surface area contributed by atoms with E-state index in [0.717, 1.165) is 16.7 Å². The Labute approximate surface area is 136 Å². The highest BCUT2D eigenvalue weighted by molar-refractivity contribution is 6.01. The molecule has 0 aromatic heterocycles. The number of rotatable bonds is 5. The lowest BCUT2D eigenvalue weighted by molar-refractivity contribution is -0.116. The number of phenols is 1. The van der Waals surface area contributed by atoms with Gasteiger partial charge in [0.05, 0.1) is 5.69 Å². The number of ketones is 1. The van der Waals surface area contributed by atoms with Crippen molar-refractivity contribution in [2.45, 2.75) is 33.6 Å². The number of hydrogen-bond acceptors (Lipinski definition) is 3. The van der Waals surface area contributed by atoms with Gasteiger partial charge in [-0.25, -0.2) is 0 Å². The van der Waals surface area contributed by atoms with Gasteiger partial charge in [-0.05, 0) is 50.1 Å². The molecule has 2 N–H and O–H groups in total. The quantitative estimate of drug-likeness (QED) is 0.649. The first kappa shape index (κ1) is 16.7. The van der Waals surface area contributed by atoms with E-state index in [4.69, 9.17) is 0 Å². The Balaban J connectivity index is 1.96. The first-order valence-electron chi connectivity index (χ1n) is 7.57. The summed E-state index contributed by atoms with van der Waals surface area (Å²) in [4.78, 5) is 24.2. The molecule has 0 aliphatic rings. The van der Waals surface area contributed by atoms with Crippen LogP contribution in [-0.4, -0.2) is 16.8 Å². The van der Waals surface area contributed by atoms with Gasteiger partial charge in [-0.3, -0.25) is 9.59 Å². The minimum absolute atomic E-state index is 0.0270. The minimum Gasteiger partial charge on any atom is -0.506 e. The molecule has 2 rings (SSSR count). The Kier molecular flexibility index (Phi) is 5.16. The molecule has 4 heteroatoms. The molecule has 2 aromatic carbocycles. The van der Waals surface area contributed by atoms with Crippen molar-refractivity contribution in [1.29, 1.82) is 0 Å². The summed E-state index contributed by atoms with van der Waals surface area (Å²) in [5.74, 6) is -0.309. The zero-order chi connectivity index (χ0) is 17.0. The Morgan fingerprint density at radius 2 is 1.61 bits per heavy atom. The van der Waals surface area contributed by atoms with Crippen molar-refractivity contribution >= 4 is 17.4 Å². The van der Waals surface area contributed by atoms with Crippen LogP contribution in [0.4, 0.5) is 5.69 Å². The number of carbonyl (C=O) groups excluding carboxylic acids is 2. The van der Waals surface area contributed by atoms with Crippen LogP contribution in [0, 0.1) is 20.8 Å². The molecule has 120 valence electrons. The van der Waals surface area contributed by atoms with Gasteiger partial charge >= 0.3 is 0 Å². The first-order valence-corrected chi connectivity index (χ1v) is 7.57. The van der Waals surface area contributed by atoms with E-state index < -0.39 is 0 Å². The monoisotopic (exact) mass is 311 g/mol. The fourth-order valence-electron chi connectivity index (χ4n) is 2.36. The number of aromatic hydroxyl groups is 1. The third kappa shape index (κ3) is 4.42. The SMILES string of the molecule is Cc1ccc(NC(=O)CCC(=O)c2cc(C)ccc2C)c(O)c1. The average Bonchev–Trinajstić information content (AvgIpc) is 2.50. The summed E-state index contributed by atoms with van der Waals surface area (Å²) in [5.41, 5.74) is 3.87. The number of nitrogens with one attached hydrogen (secondary N) is 1. The van der Waals surface area contributed by atoms with Crippen molar-refractivity contribution < 1.29 is 14.7 Å². The van der Waals surface area contributed by atoms with Crippen LogP contribution in [0.15, 0.2) is 36.4 Å². The molecular weight excluding hydrogens is 290 g/mol. The van der Waals surface area contributed by atoms with Crippen molar-refractivity contribution in [2.75, 3.05) is 5.32 Å². The molecule has 1 amide bonds. The largest absolute Gasteiger partial charge is 0.506 e. The van der Waals surface area contributed by atoms with E-state index in [1.165, 1.54) is 0 Å². The van der Waals surface area contributed by atoms with Crippen LogP contribution in [0.1, 0.15) is 39.9 Å². The van der Waals surface area contributed by atoms with Crippen molar-refractivity contribution in [3.8, 4) is 5.75 Å². The Hall–Kier alpha value is -2.62. The van der Waals surface area contributed by atoms with Gasteiger partial charge in [0.2, 0.25) is 5.91 Å². The smallest absolute Gasteiger partial charge is 0.224 e. The molecule has 0 unspecified atom stereocenters. The maximum atomic E-state index is 12.3. The Morgan fingerprint density at radius 1 is 0.957 bits per heavy atom. The van der Waals surface area contributed by atoms with Crippen LogP contribution >= 0.6 is 0 Å². The van der Waals surface area contributed by atoms with Crippen LogP contribution in [0.5, 0.6) is 5.75 Å². The van der Waals surface area contributed by atoms with Gasteiger partial charge < -0.3 is 10.4 Å². The standard InChI is InChI=1S/C19H21NO3/c1-12-4-6-14(3)15(10-12)17(21)8-9-19(23)20-16-7-5-13(2)11-18(16)22/h4-7,10-11,22H,8-9H2,1-3H3,(H,20,23). The average molecular weight is 311 g/mol. The van der Waals surface area contributed by atoms with Crippen molar-refractivity contribution in [2.24, 2.45) is 0 Å². The minimum atomic E-state index is -0.289. The third-order valence-corrected chi connectivity index (χ3v) is 3.70. The van der Waals surface area contributed by atoms with Crippen molar-refractivity contribution in [3.05, 3.63) is 58.7 Å². The van der Waals surface area contributed by atoms with Gasteiger partial charge in [0.1, 0.15) is 5.75 Å². The van der Waals surface area contributed by atoms with E-state index >= 15 is 0 Å². The number of hydrogen-bond donors (Lipinski definition) is 2. The van der Waals surface area contributed by atoms with Gasteiger partial charge in [-0.2, -0.15) is 0 Å². The highest BCUT2D eigenvalue weighted by Gasteiger charge is 2.13. The van der Waals surface area contributed by atoms with Crippen LogP contribution in [-0.2, 0) is 4.79 Å². The lowest BCUT2D eigenvalue weighted by atomic mass is 9.99. The zero-order valence-corrected chi connectivity index (χ0v) is 13.6. The first-order chi connectivity index (χ1) is 10.9. The second-order valence-corrected chi connectivity index (χ2v) is 5.81. The molecule has 0 aliphatic carbocycles. The summed E-state index contributed by atoms with van der Waals surface area (Å²) in [6, 6.07) is 10.7. The van der Waals surface area contributed by atoms with E-state index in [1.807, 2.05) is 39.0 Å². The van der Waals surface area contributed by atoms with Gasteiger partial charge in [-0.15, -0.1) is 0 Å². The zero-order valence-electron chi connectivity index (χ0n) is 13.6. The van der Waals surface area contributed by atoms with Crippen LogP contribution in [0.2, 0.25) is 0 Å². The molecule has 0 atom stereocenters. The normalized spacial score (nSPS) is 10.4. The molecule has 0 bridgehead atoms. The number of amides is 1. The van der Waals surface area contributed by atoms with Gasteiger partial charge in [-0.1, -0.05) is 23.8 Å². The molecule has 0 aliphatic heterocycles. The highest BCUT2D eigenvalue weighted by atomic mass is 16.3. The van der Waals surface area contributed by atoms with E-state index in [9.17, 15) is 14.7 Å². The number of phenolic OH excluding ortho intramolecular Hbond substituents is 1. The summed E-state index contributed by atoms with van der Waals surface area (Å²) in [6.45, 7) is 5.67. The number of anilines is 1. The summed E-state index contributed by atoms with van der Waals surface area (Å²) in [5, 5.41) is 12.4. The van der Waals surface area contributed by atoms with Crippen molar-refractivity contribution in [1.82, 2.24) is 0 Å². The predicted octanol–water partition coefficient (Wildman–Crippen LogP) is 3.92. The van der Waals surface area contributed by atoms with E-state index in [2.05, 4.69) is 5.32 Å².